The molecule has 0 aromatic rings. The van der Waals surface area contributed by atoms with E-state index in [9.17, 15) is 4.79 Å². The maximum absolute atomic E-state index is 11.3. The molecule has 3 heteroatoms. The molecule has 0 heterocycles. The van der Waals surface area contributed by atoms with Crippen LogP contribution in [0.4, 0.5) is 0 Å². The Morgan fingerprint density at radius 2 is 2.25 bits per heavy atom. The molecule has 0 spiro atoms. The molecule has 2 aliphatic rings. The van der Waals surface area contributed by atoms with Crippen molar-refractivity contribution in [3.05, 3.63) is 23.3 Å². The van der Waals surface area contributed by atoms with E-state index in [0.717, 1.165) is 17.6 Å². The van der Waals surface area contributed by atoms with Gasteiger partial charge in [0.15, 0.2) is 5.78 Å². The summed E-state index contributed by atoms with van der Waals surface area (Å²) >= 11 is 9.57. The molecular formula is C9H8BrClO. The van der Waals surface area contributed by atoms with Crippen molar-refractivity contribution in [3.8, 4) is 0 Å². The first kappa shape index (κ1) is 8.52. The summed E-state index contributed by atoms with van der Waals surface area (Å²) in [6.07, 6.45) is 5.31. The number of hydrogen-bond acceptors (Lipinski definition) is 1. The van der Waals surface area contributed by atoms with E-state index < -0.39 is 0 Å². The van der Waals surface area contributed by atoms with Gasteiger partial charge in [0.05, 0.1) is 10.2 Å². The van der Waals surface area contributed by atoms with Gasteiger partial charge in [0.2, 0.25) is 0 Å². The molecule has 0 aromatic carbocycles. The van der Waals surface area contributed by atoms with E-state index in [2.05, 4.69) is 15.9 Å². The number of alkyl halides is 2. The summed E-state index contributed by atoms with van der Waals surface area (Å²) in [6.45, 7) is 0. The monoisotopic (exact) mass is 246 g/mol. The van der Waals surface area contributed by atoms with Crippen LogP contribution in [0.25, 0.3) is 0 Å². The summed E-state index contributed by atoms with van der Waals surface area (Å²) in [5.41, 5.74) is 1.97. The van der Waals surface area contributed by atoms with Crippen molar-refractivity contribution in [1.29, 1.82) is 0 Å². The van der Waals surface area contributed by atoms with Gasteiger partial charge in [-0.2, -0.15) is 0 Å². The summed E-state index contributed by atoms with van der Waals surface area (Å²) in [6, 6.07) is 0. The Labute approximate surface area is 84.6 Å². The lowest BCUT2D eigenvalue weighted by atomic mass is 9.99. The van der Waals surface area contributed by atoms with Crippen LogP contribution in [0.15, 0.2) is 23.3 Å². The summed E-state index contributed by atoms with van der Waals surface area (Å²) in [4.78, 5) is 11.5. The van der Waals surface area contributed by atoms with Crippen molar-refractivity contribution in [1.82, 2.24) is 0 Å². The van der Waals surface area contributed by atoms with E-state index in [1.54, 1.807) is 0 Å². The van der Waals surface area contributed by atoms with Crippen LogP contribution in [0.1, 0.15) is 12.8 Å². The van der Waals surface area contributed by atoms with Crippen LogP contribution in [0.2, 0.25) is 0 Å². The Bertz CT molecular complexity index is 293. The molecule has 0 saturated heterocycles. The van der Waals surface area contributed by atoms with Crippen molar-refractivity contribution >= 4 is 33.3 Å². The largest absolute Gasteiger partial charge is 0.294 e. The van der Waals surface area contributed by atoms with Gasteiger partial charge >= 0.3 is 0 Å². The highest BCUT2D eigenvalue weighted by molar-refractivity contribution is 9.09. The number of hydrogen-bond donors (Lipinski definition) is 0. The number of carbonyl (C=O) groups excluding carboxylic acids is 1. The summed E-state index contributed by atoms with van der Waals surface area (Å²) in [7, 11) is 0. The number of allylic oxidation sites excluding steroid dienone is 4. The molecule has 0 aromatic heterocycles. The van der Waals surface area contributed by atoms with Gasteiger partial charge in [-0.1, -0.05) is 28.1 Å². The van der Waals surface area contributed by atoms with E-state index in [-0.39, 0.29) is 16.0 Å². The van der Waals surface area contributed by atoms with Gasteiger partial charge in [-0.15, -0.1) is 11.6 Å². The predicted molar refractivity (Wildman–Crippen MR) is 52.8 cm³/mol. The third-order valence-electron chi connectivity index (χ3n) is 2.33. The first-order valence-electron chi connectivity index (χ1n) is 3.93. The average Bonchev–Trinajstić information content (AvgIpc) is 2.41. The Morgan fingerprint density at radius 1 is 1.50 bits per heavy atom. The second kappa shape index (κ2) is 3.00. The molecule has 2 atom stereocenters. The quantitative estimate of drug-likeness (QED) is 0.601. The molecule has 0 fully saturated rings. The average molecular weight is 248 g/mol. The van der Waals surface area contributed by atoms with Crippen molar-refractivity contribution in [2.75, 3.05) is 0 Å². The third-order valence-corrected chi connectivity index (χ3v) is 4.00. The normalized spacial score (nSPS) is 34.3. The molecule has 2 rings (SSSR count). The fourth-order valence-corrected chi connectivity index (χ4v) is 2.44. The molecule has 0 aliphatic heterocycles. The van der Waals surface area contributed by atoms with E-state index in [1.165, 1.54) is 0 Å². The Hall–Kier alpha value is -0.0800. The number of rotatable bonds is 0. The SMILES string of the molecule is O=C1CCC2=C1C=CC(Br)C2Cl. The van der Waals surface area contributed by atoms with Gasteiger partial charge < -0.3 is 0 Å². The lowest BCUT2D eigenvalue weighted by Gasteiger charge is -2.18. The number of ketones is 1. The smallest absolute Gasteiger partial charge is 0.163 e. The lowest BCUT2D eigenvalue weighted by Crippen LogP contribution is -2.18. The molecule has 64 valence electrons. The zero-order valence-corrected chi connectivity index (χ0v) is 8.73. The highest BCUT2D eigenvalue weighted by Gasteiger charge is 2.31. The standard InChI is InChI=1S/C9H8BrClO/c10-7-3-1-5-6(9(7)11)2-4-8(5)12/h1,3,7,9H,2,4H2. The zero-order chi connectivity index (χ0) is 8.72. The topological polar surface area (TPSA) is 17.1 Å². The van der Waals surface area contributed by atoms with Gasteiger partial charge in [-0.05, 0) is 12.0 Å². The Kier molecular flexibility index (Phi) is 2.13. The number of halogens is 2. The maximum Gasteiger partial charge on any atom is 0.163 e. The van der Waals surface area contributed by atoms with Crippen LogP contribution in [-0.4, -0.2) is 16.0 Å². The third kappa shape index (κ3) is 1.17. The zero-order valence-electron chi connectivity index (χ0n) is 6.39. The van der Waals surface area contributed by atoms with Crippen LogP contribution in [0.3, 0.4) is 0 Å². The van der Waals surface area contributed by atoms with Gasteiger partial charge in [0.25, 0.3) is 0 Å². The minimum atomic E-state index is -0.0311. The van der Waals surface area contributed by atoms with Crippen molar-refractivity contribution < 1.29 is 4.79 Å². The summed E-state index contributed by atoms with van der Waals surface area (Å²) in [5, 5.41) is -0.0311. The number of carbonyl (C=O) groups is 1. The molecule has 0 bridgehead atoms. The van der Waals surface area contributed by atoms with Crippen molar-refractivity contribution in [2.24, 2.45) is 0 Å². The molecule has 1 nitrogen and oxygen atoms in total. The second-order valence-electron chi connectivity index (χ2n) is 3.07. The first-order valence-corrected chi connectivity index (χ1v) is 5.28. The molecule has 0 saturated carbocycles. The van der Waals surface area contributed by atoms with Crippen LogP contribution in [0, 0.1) is 0 Å². The highest BCUT2D eigenvalue weighted by atomic mass is 79.9. The fraction of sp³-hybridized carbons (Fsp3) is 0.444. The molecule has 0 amide bonds. The Balaban J connectivity index is 2.39. The van der Waals surface area contributed by atoms with Crippen LogP contribution in [-0.2, 0) is 4.79 Å². The van der Waals surface area contributed by atoms with E-state index in [4.69, 9.17) is 11.6 Å². The van der Waals surface area contributed by atoms with E-state index >= 15 is 0 Å². The lowest BCUT2D eigenvalue weighted by molar-refractivity contribution is -0.114. The highest BCUT2D eigenvalue weighted by Crippen LogP contribution is 2.36. The second-order valence-corrected chi connectivity index (χ2v) is 4.59. The van der Waals surface area contributed by atoms with Crippen LogP contribution in [0.5, 0.6) is 0 Å². The molecule has 0 radical (unpaired) electrons. The minimum Gasteiger partial charge on any atom is -0.294 e. The van der Waals surface area contributed by atoms with Crippen molar-refractivity contribution in [3.63, 3.8) is 0 Å². The summed E-state index contributed by atoms with van der Waals surface area (Å²) < 4.78 is 0. The van der Waals surface area contributed by atoms with Gasteiger partial charge in [-0.3, -0.25) is 4.79 Å². The predicted octanol–water partition coefficient (Wildman–Crippen LogP) is 2.59. The summed E-state index contributed by atoms with van der Waals surface area (Å²) in [5.74, 6) is 0.242. The first-order chi connectivity index (χ1) is 5.70. The van der Waals surface area contributed by atoms with Gasteiger partial charge in [-0.25, -0.2) is 0 Å². The molecular weight excluding hydrogens is 239 g/mol. The number of Topliss-reactive ketones (excluding diaryl/α,β-unsaturated/α-hetero) is 1. The van der Waals surface area contributed by atoms with Crippen LogP contribution < -0.4 is 0 Å². The molecule has 2 unspecified atom stereocenters. The molecule has 0 N–H and O–H groups in total. The molecule has 12 heavy (non-hydrogen) atoms. The fourth-order valence-electron chi connectivity index (χ4n) is 1.66. The van der Waals surface area contributed by atoms with Gasteiger partial charge in [0, 0.05) is 12.0 Å². The maximum atomic E-state index is 11.3. The van der Waals surface area contributed by atoms with Crippen molar-refractivity contribution in [2.45, 2.75) is 23.0 Å². The minimum absolute atomic E-state index is 0.0311. The van der Waals surface area contributed by atoms with E-state index in [0.29, 0.717) is 6.42 Å². The van der Waals surface area contributed by atoms with Gasteiger partial charge in [0.1, 0.15) is 0 Å². The van der Waals surface area contributed by atoms with Crippen LogP contribution >= 0.6 is 27.5 Å². The Morgan fingerprint density at radius 3 is 3.00 bits per heavy atom. The molecule has 2 aliphatic carbocycles. The van der Waals surface area contributed by atoms with E-state index in [1.807, 2.05) is 12.2 Å².